The Bertz CT molecular complexity index is 964. The van der Waals surface area contributed by atoms with Crippen molar-refractivity contribution < 1.29 is 18.4 Å². The summed E-state index contributed by atoms with van der Waals surface area (Å²) in [4.78, 5) is 27.6. The number of nitrogens with zero attached hydrogens (tertiary/aromatic N) is 3. The molecule has 0 bridgehead atoms. The number of carbonyl (C=O) groups is 1. The molecule has 0 amide bonds. The van der Waals surface area contributed by atoms with Gasteiger partial charge in [0.25, 0.3) is 11.4 Å². The van der Waals surface area contributed by atoms with Gasteiger partial charge in [0.15, 0.2) is 0 Å². The van der Waals surface area contributed by atoms with Crippen molar-refractivity contribution >= 4 is 5.97 Å². The zero-order valence-electron chi connectivity index (χ0n) is 13.3. The van der Waals surface area contributed by atoms with Crippen molar-refractivity contribution in [2.45, 2.75) is 13.5 Å². The minimum Gasteiger partial charge on any atom is -0.465 e. The van der Waals surface area contributed by atoms with Crippen LogP contribution in [0.25, 0.3) is 22.8 Å². The van der Waals surface area contributed by atoms with Crippen LogP contribution in [0.2, 0.25) is 0 Å². The smallest absolute Gasteiger partial charge is 0.326 e. The van der Waals surface area contributed by atoms with Gasteiger partial charge in [-0.05, 0) is 25.1 Å². The Morgan fingerprint density at radius 2 is 2.08 bits per heavy atom. The van der Waals surface area contributed by atoms with Crippen molar-refractivity contribution in [2.24, 2.45) is 0 Å². The van der Waals surface area contributed by atoms with Crippen molar-refractivity contribution in [1.82, 2.24) is 14.7 Å². The SMILES string of the molecule is CCOC(=O)Cn1cc(-c2nc(-c3ccccc3F)no2)ccc1=O. The summed E-state index contributed by atoms with van der Waals surface area (Å²) in [7, 11) is 0. The molecule has 7 nitrogen and oxygen atoms in total. The van der Waals surface area contributed by atoms with Gasteiger partial charge in [-0.3, -0.25) is 9.59 Å². The molecule has 0 radical (unpaired) electrons. The van der Waals surface area contributed by atoms with Crippen LogP contribution in [0.4, 0.5) is 4.39 Å². The highest BCUT2D eigenvalue weighted by Gasteiger charge is 2.15. The third-order valence-corrected chi connectivity index (χ3v) is 3.38. The zero-order chi connectivity index (χ0) is 17.8. The number of esters is 1. The largest absolute Gasteiger partial charge is 0.465 e. The van der Waals surface area contributed by atoms with Crippen LogP contribution in [-0.4, -0.2) is 27.3 Å². The van der Waals surface area contributed by atoms with Crippen LogP contribution in [0.5, 0.6) is 0 Å². The Hall–Kier alpha value is -3.29. The first kappa shape index (κ1) is 16.6. The van der Waals surface area contributed by atoms with Crippen LogP contribution >= 0.6 is 0 Å². The van der Waals surface area contributed by atoms with Gasteiger partial charge in [-0.15, -0.1) is 0 Å². The van der Waals surface area contributed by atoms with E-state index in [0.717, 1.165) is 0 Å². The zero-order valence-corrected chi connectivity index (χ0v) is 13.3. The van der Waals surface area contributed by atoms with E-state index in [-0.39, 0.29) is 36.0 Å². The normalized spacial score (nSPS) is 10.6. The molecule has 25 heavy (non-hydrogen) atoms. The molecular formula is C17H14FN3O4. The molecule has 3 rings (SSSR count). The van der Waals surface area contributed by atoms with E-state index in [4.69, 9.17) is 9.26 Å². The highest BCUT2D eigenvalue weighted by molar-refractivity contribution is 5.69. The van der Waals surface area contributed by atoms with Crippen molar-refractivity contribution in [3.63, 3.8) is 0 Å². The fourth-order valence-electron chi connectivity index (χ4n) is 2.22. The molecule has 0 saturated carbocycles. The maximum Gasteiger partial charge on any atom is 0.326 e. The van der Waals surface area contributed by atoms with Crippen LogP contribution in [-0.2, 0) is 16.1 Å². The summed E-state index contributed by atoms with van der Waals surface area (Å²) in [6.07, 6.45) is 1.41. The quantitative estimate of drug-likeness (QED) is 0.661. The number of carbonyl (C=O) groups excluding carboxylic acids is 1. The Labute approximate surface area is 141 Å². The molecule has 0 fully saturated rings. The number of aromatic nitrogens is 3. The molecule has 0 saturated heterocycles. The number of hydrogen-bond donors (Lipinski definition) is 0. The van der Waals surface area contributed by atoms with E-state index in [0.29, 0.717) is 5.56 Å². The average Bonchev–Trinajstić information content (AvgIpc) is 3.07. The summed E-state index contributed by atoms with van der Waals surface area (Å²) in [5.74, 6) is -0.798. The third kappa shape index (κ3) is 3.63. The van der Waals surface area contributed by atoms with E-state index in [9.17, 15) is 14.0 Å². The molecule has 2 heterocycles. The van der Waals surface area contributed by atoms with E-state index >= 15 is 0 Å². The lowest BCUT2D eigenvalue weighted by Crippen LogP contribution is -2.24. The second kappa shape index (κ2) is 7.08. The van der Waals surface area contributed by atoms with Crippen molar-refractivity contribution in [2.75, 3.05) is 6.61 Å². The highest BCUT2D eigenvalue weighted by Crippen LogP contribution is 2.23. The summed E-state index contributed by atoms with van der Waals surface area (Å²) >= 11 is 0. The molecule has 0 aliphatic carbocycles. The van der Waals surface area contributed by atoms with Crippen LogP contribution in [0.15, 0.2) is 51.9 Å². The maximum atomic E-state index is 13.8. The average molecular weight is 343 g/mol. The molecule has 3 aromatic rings. The molecule has 0 aliphatic rings. The van der Waals surface area contributed by atoms with Gasteiger partial charge in [-0.1, -0.05) is 17.3 Å². The predicted molar refractivity (Wildman–Crippen MR) is 86.0 cm³/mol. The lowest BCUT2D eigenvalue weighted by atomic mass is 10.2. The number of benzene rings is 1. The summed E-state index contributed by atoms with van der Waals surface area (Å²) < 4.78 is 25.0. The van der Waals surface area contributed by atoms with E-state index < -0.39 is 11.8 Å². The van der Waals surface area contributed by atoms with Gasteiger partial charge in [0, 0.05) is 12.3 Å². The number of hydrogen-bond acceptors (Lipinski definition) is 6. The van der Waals surface area contributed by atoms with Crippen LogP contribution in [0.3, 0.4) is 0 Å². The second-order valence-electron chi connectivity index (χ2n) is 5.09. The molecular weight excluding hydrogens is 329 g/mol. The van der Waals surface area contributed by atoms with Crippen molar-refractivity contribution in [3.05, 3.63) is 58.8 Å². The molecule has 0 atom stereocenters. The van der Waals surface area contributed by atoms with E-state index in [1.165, 1.54) is 35.0 Å². The fraction of sp³-hybridized carbons (Fsp3) is 0.176. The Kier molecular flexibility index (Phi) is 4.69. The topological polar surface area (TPSA) is 87.2 Å². The molecule has 128 valence electrons. The highest BCUT2D eigenvalue weighted by atomic mass is 19.1. The van der Waals surface area contributed by atoms with E-state index in [1.807, 2.05) is 0 Å². The third-order valence-electron chi connectivity index (χ3n) is 3.38. The first-order chi connectivity index (χ1) is 12.1. The second-order valence-corrected chi connectivity index (χ2v) is 5.09. The van der Waals surface area contributed by atoms with Crippen LogP contribution in [0.1, 0.15) is 6.92 Å². The van der Waals surface area contributed by atoms with E-state index in [2.05, 4.69) is 10.1 Å². The lowest BCUT2D eigenvalue weighted by Gasteiger charge is -2.05. The number of pyridine rings is 1. The van der Waals surface area contributed by atoms with Gasteiger partial charge in [-0.25, -0.2) is 4.39 Å². The molecule has 0 unspecified atom stereocenters. The Morgan fingerprint density at radius 1 is 1.28 bits per heavy atom. The fourth-order valence-corrected chi connectivity index (χ4v) is 2.22. The summed E-state index contributed by atoms with van der Waals surface area (Å²) in [6, 6.07) is 8.82. The van der Waals surface area contributed by atoms with Gasteiger partial charge < -0.3 is 13.8 Å². The molecule has 1 aromatic carbocycles. The van der Waals surface area contributed by atoms with Crippen LogP contribution in [0, 0.1) is 5.82 Å². The number of ether oxygens (including phenoxy) is 1. The number of rotatable bonds is 5. The predicted octanol–water partition coefficient (Wildman–Crippen LogP) is 2.27. The van der Waals surface area contributed by atoms with E-state index in [1.54, 1.807) is 19.1 Å². The minimum absolute atomic E-state index is 0.0937. The molecule has 2 aromatic heterocycles. The molecule has 0 N–H and O–H groups in total. The van der Waals surface area contributed by atoms with Crippen LogP contribution < -0.4 is 5.56 Å². The summed E-state index contributed by atoms with van der Waals surface area (Å²) in [6.45, 7) is 1.68. The Balaban J connectivity index is 1.92. The van der Waals surface area contributed by atoms with Gasteiger partial charge in [0.05, 0.1) is 17.7 Å². The lowest BCUT2D eigenvalue weighted by molar-refractivity contribution is -0.143. The van der Waals surface area contributed by atoms with Gasteiger partial charge in [0.1, 0.15) is 12.4 Å². The Morgan fingerprint density at radius 3 is 2.84 bits per heavy atom. The van der Waals surface area contributed by atoms with Gasteiger partial charge >= 0.3 is 5.97 Å². The maximum absolute atomic E-state index is 13.8. The molecule has 0 aliphatic heterocycles. The summed E-state index contributed by atoms with van der Waals surface area (Å²) in [5, 5.41) is 3.76. The molecule has 0 spiro atoms. The first-order valence-electron chi connectivity index (χ1n) is 7.53. The number of halogens is 1. The standard InChI is InChI=1S/C17H14FN3O4/c1-2-24-15(23)10-21-9-11(7-8-14(21)22)17-19-16(20-25-17)12-5-3-4-6-13(12)18/h3-9H,2,10H2,1H3. The monoisotopic (exact) mass is 343 g/mol. The van der Waals surface area contributed by atoms with Gasteiger partial charge in [0.2, 0.25) is 5.82 Å². The minimum atomic E-state index is -0.528. The summed E-state index contributed by atoms with van der Waals surface area (Å²) in [5.41, 5.74) is 0.266. The van der Waals surface area contributed by atoms with Crippen molar-refractivity contribution in [3.8, 4) is 22.8 Å². The van der Waals surface area contributed by atoms with Gasteiger partial charge in [-0.2, -0.15) is 4.98 Å². The molecule has 8 heteroatoms. The first-order valence-corrected chi connectivity index (χ1v) is 7.53. The van der Waals surface area contributed by atoms with Crippen molar-refractivity contribution in [1.29, 1.82) is 0 Å².